The van der Waals surface area contributed by atoms with E-state index >= 15 is 0 Å². The van der Waals surface area contributed by atoms with E-state index in [2.05, 4.69) is 6.92 Å². The first-order valence-corrected chi connectivity index (χ1v) is 7.82. The van der Waals surface area contributed by atoms with E-state index in [1.54, 1.807) is 24.5 Å². The molecule has 0 saturated heterocycles. The molecule has 5 heteroatoms. The van der Waals surface area contributed by atoms with Gasteiger partial charge in [-0.1, -0.05) is 19.1 Å². The summed E-state index contributed by atoms with van der Waals surface area (Å²) in [5.74, 6) is 1.32. The fourth-order valence-electron chi connectivity index (χ4n) is 2.75. The molecule has 0 N–H and O–H groups in total. The molecule has 1 aliphatic heterocycles. The van der Waals surface area contributed by atoms with Gasteiger partial charge in [0.05, 0.1) is 12.7 Å². The highest BCUT2D eigenvalue weighted by Gasteiger charge is 2.16. The number of ether oxygens (including phenoxy) is 3. The first-order valence-electron chi connectivity index (χ1n) is 7.82. The highest BCUT2D eigenvalue weighted by Crippen LogP contribution is 2.35. The zero-order valence-electron chi connectivity index (χ0n) is 13.2. The van der Waals surface area contributed by atoms with Crippen molar-refractivity contribution in [1.82, 2.24) is 0 Å². The molecule has 0 amide bonds. The third-order valence-corrected chi connectivity index (χ3v) is 4.04. The third-order valence-electron chi connectivity index (χ3n) is 4.04. The Morgan fingerprint density at radius 3 is 2.88 bits per heavy atom. The number of esters is 1. The number of carbonyl (C=O) groups is 1. The molecule has 4 rings (SSSR count). The largest absolute Gasteiger partial charge is 0.464 e. The molecule has 1 aliphatic rings. The van der Waals surface area contributed by atoms with Crippen LogP contribution in [0, 0.1) is 0 Å². The van der Waals surface area contributed by atoms with E-state index in [0.717, 1.165) is 23.0 Å². The first kappa shape index (κ1) is 14.6. The average molecular weight is 324 g/mol. The molecule has 0 unspecified atom stereocenters. The van der Waals surface area contributed by atoms with Crippen LogP contribution in [0.4, 0.5) is 0 Å². The Morgan fingerprint density at radius 1 is 1.12 bits per heavy atom. The molecule has 1 aromatic heterocycles. The average Bonchev–Trinajstić information content (AvgIpc) is 3.21. The smallest absolute Gasteiger partial charge is 0.315 e. The van der Waals surface area contributed by atoms with E-state index in [1.165, 1.54) is 5.56 Å². The van der Waals surface area contributed by atoms with Crippen molar-refractivity contribution in [3.05, 3.63) is 53.8 Å². The number of hydrogen-bond acceptors (Lipinski definition) is 5. The summed E-state index contributed by atoms with van der Waals surface area (Å²) in [6, 6.07) is 11.1. The Balaban J connectivity index is 1.50. The summed E-state index contributed by atoms with van der Waals surface area (Å²) in [6.45, 7) is 2.28. The minimum absolute atomic E-state index is 0.146. The van der Waals surface area contributed by atoms with Crippen LogP contribution in [0.1, 0.15) is 18.1 Å². The summed E-state index contributed by atoms with van der Waals surface area (Å²) in [7, 11) is 0. The van der Waals surface area contributed by atoms with Crippen LogP contribution in [-0.4, -0.2) is 12.8 Å². The van der Waals surface area contributed by atoms with E-state index in [4.69, 9.17) is 18.6 Å². The number of aryl methyl sites for hydroxylation is 1. The quantitative estimate of drug-likeness (QED) is 0.538. The lowest BCUT2D eigenvalue weighted by atomic mass is 10.1. The fraction of sp³-hybridized carbons (Fsp3) is 0.211. The number of furan rings is 1. The Bertz CT molecular complexity index is 909. The van der Waals surface area contributed by atoms with Crippen molar-refractivity contribution in [1.29, 1.82) is 0 Å². The van der Waals surface area contributed by atoms with Gasteiger partial charge in [0.15, 0.2) is 11.5 Å². The van der Waals surface area contributed by atoms with Crippen molar-refractivity contribution in [2.75, 3.05) is 6.79 Å². The predicted octanol–water partition coefficient (Wildman–Crippen LogP) is 3.87. The minimum atomic E-state index is -0.351. The maximum atomic E-state index is 12.2. The molecule has 0 fully saturated rings. The molecule has 122 valence electrons. The van der Waals surface area contributed by atoms with Crippen LogP contribution >= 0.6 is 0 Å². The second-order valence-corrected chi connectivity index (χ2v) is 5.61. The maximum absolute atomic E-state index is 12.2. The Morgan fingerprint density at radius 2 is 2.00 bits per heavy atom. The maximum Gasteiger partial charge on any atom is 0.315 e. The molecule has 0 aliphatic carbocycles. The summed E-state index contributed by atoms with van der Waals surface area (Å²) in [4.78, 5) is 12.2. The van der Waals surface area contributed by atoms with Crippen molar-refractivity contribution in [2.24, 2.45) is 0 Å². The van der Waals surface area contributed by atoms with Crippen LogP contribution in [0.2, 0.25) is 0 Å². The number of carbonyl (C=O) groups excluding carboxylic acids is 1. The highest BCUT2D eigenvalue weighted by molar-refractivity contribution is 5.86. The zero-order valence-corrected chi connectivity index (χ0v) is 13.2. The Kier molecular flexibility index (Phi) is 3.61. The van der Waals surface area contributed by atoms with Gasteiger partial charge in [-0.25, -0.2) is 0 Å². The topological polar surface area (TPSA) is 57.9 Å². The van der Waals surface area contributed by atoms with Gasteiger partial charge in [-0.3, -0.25) is 4.79 Å². The summed E-state index contributed by atoms with van der Waals surface area (Å²) < 4.78 is 21.5. The number of hydrogen-bond donors (Lipinski definition) is 0. The molecule has 24 heavy (non-hydrogen) atoms. The lowest BCUT2D eigenvalue weighted by Gasteiger charge is -2.05. The van der Waals surface area contributed by atoms with Gasteiger partial charge >= 0.3 is 5.97 Å². The van der Waals surface area contributed by atoms with Crippen molar-refractivity contribution in [3.8, 4) is 17.2 Å². The Labute approximate surface area is 138 Å². The first-order chi connectivity index (χ1) is 11.7. The van der Waals surface area contributed by atoms with Crippen LogP contribution in [-0.2, 0) is 17.6 Å². The molecule has 2 aromatic carbocycles. The van der Waals surface area contributed by atoms with E-state index in [-0.39, 0.29) is 19.2 Å². The number of rotatable bonds is 4. The molecule has 0 spiro atoms. The van der Waals surface area contributed by atoms with Crippen LogP contribution < -0.4 is 14.2 Å². The summed E-state index contributed by atoms with van der Waals surface area (Å²) >= 11 is 0. The van der Waals surface area contributed by atoms with Gasteiger partial charge in [0.25, 0.3) is 0 Å². The van der Waals surface area contributed by atoms with Crippen molar-refractivity contribution in [3.63, 3.8) is 0 Å². The molecule has 0 bridgehead atoms. The van der Waals surface area contributed by atoms with Crippen LogP contribution in [0.15, 0.2) is 47.1 Å². The molecule has 5 nitrogen and oxygen atoms in total. The lowest BCUT2D eigenvalue weighted by molar-refractivity contribution is -0.133. The van der Waals surface area contributed by atoms with E-state index in [0.29, 0.717) is 17.2 Å². The van der Waals surface area contributed by atoms with Crippen molar-refractivity contribution < 1.29 is 23.4 Å². The van der Waals surface area contributed by atoms with Crippen LogP contribution in [0.3, 0.4) is 0 Å². The van der Waals surface area contributed by atoms with Crippen molar-refractivity contribution >= 4 is 16.9 Å². The summed E-state index contributed by atoms with van der Waals surface area (Å²) in [5, 5.41) is 0.940. The van der Waals surface area contributed by atoms with E-state index < -0.39 is 0 Å². The minimum Gasteiger partial charge on any atom is -0.464 e. The number of benzene rings is 2. The van der Waals surface area contributed by atoms with Gasteiger partial charge in [-0.15, -0.1) is 0 Å². The summed E-state index contributed by atoms with van der Waals surface area (Å²) in [5.41, 5.74) is 2.81. The molecular weight excluding hydrogens is 308 g/mol. The zero-order chi connectivity index (χ0) is 16.5. The van der Waals surface area contributed by atoms with Gasteiger partial charge in [-0.2, -0.15) is 0 Å². The highest BCUT2D eigenvalue weighted by atomic mass is 16.7. The fourth-order valence-corrected chi connectivity index (χ4v) is 2.75. The van der Waals surface area contributed by atoms with Gasteiger partial charge in [0, 0.05) is 17.0 Å². The van der Waals surface area contributed by atoms with Crippen molar-refractivity contribution in [2.45, 2.75) is 19.8 Å². The SMILES string of the molecule is CCc1ccc2c(CC(=O)Oc3ccc4c(c3)OCO4)coc2c1. The van der Waals surface area contributed by atoms with Crippen LogP contribution in [0.25, 0.3) is 11.0 Å². The lowest BCUT2D eigenvalue weighted by Crippen LogP contribution is -2.10. The number of fused-ring (bicyclic) bond motifs is 2. The summed E-state index contributed by atoms with van der Waals surface area (Å²) in [6.07, 6.45) is 2.70. The Hall–Kier alpha value is -2.95. The van der Waals surface area contributed by atoms with E-state index in [9.17, 15) is 4.79 Å². The molecule has 2 heterocycles. The molecule has 0 radical (unpaired) electrons. The van der Waals surface area contributed by atoms with Crippen LogP contribution in [0.5, 0.6) is 17.2 Å². The standard InChI is InChI=1S/C19H16O5/c1-2-12-3-5-15-13(10-21-17(15)7-12)8-19(20)24-14-4-6-16-18(9-14)23-11-22-16/h3-7,9-10H,2,8,11H2,1H3. The second kappa shape index (κ2) is 5.92. The third kappa shape index (κ3) is 2.69. The molecule has 0 atom stereocenters. The molecular formula is C19H16O5. The van der Waals surface area contributed by atoms with Gasteiger partial charge in [0.2, 0.25) is 6.79 Å². The monoisotopic (exact) mass is 324 g/mol. The predicted molar refractivity (Wildman–Crippen MR) is 87.5 cm³/mol. The van der Waals surface area contributed by atoms with Gasteiger partial charge in [0.1, 0.15) is 11.3 Å². The normalized spacial score (nSPS) is 12.5. The van der Waals surface area contributed by atoms with E-state index in [1.807, 2.05) is 18.2 Å². The van der Waals surface area contributed by atoms with Gasteiger partial charge < -0.3 is 18.6 Å². The van der Waals surface area contributed by atoms with Gasteiger partial charge in [-0.05, 0) is 30.2 Å². The molecule has 3 aromatic rings. The second-order valence-electron chi connectivity index (χ2n) is 5.61. The molecule has 0 saturated carbocycles.